The van der Waals surface area contributed by atoms with Gasteiger partial charge in [0.05, 0.1) is 6.04 Å². The summed E-state index contributed by atoms with van der Waals surface area (Å²) in [4.78, 5) is 22.6. The average molecular weight is 254 g/mol. The second-order valence-corrected chi connectivity index (χ2v) is 5.27. The second kappa shape index (κ2) is 8.25. The second-order valence-electron chi connectivity index (χ2n) is 5.27. The summed E-state index contributed by atoms with van der Waals surface area (Å²) in [6, 6.07) is 0.156. The van der Waals surface area contributed by atoms with Gasteiger partial charge in [0, 0.05) is 12.5 Å². The van der Waals surface area contributed by atoms with Gasteiger partial charge in [-0.15, -0.1) is 0 Å². The molecule has 18 heavy (non-hydrogen) atoms. The molecule has 4 heteroatoms. The zero-order valence-corrected chi connectivity index (χ0v) is 11.6. The minimum atomic E-state index is -0.187. The van der Waals surface area contributed by atoms with Gasteiger partial charge in [-0.3, -0.25) is 14.9 Å². The molecule has 104 valence electrons. The van der Waals surface area contributed by atoms with Gasteiger partial charge in [0.2, 0.25) is 11.8 Å². The Morgan fingerprint density at radius 2 is 2.00 bits per heavy atom. The minimum Gasteiger partial charge on any atom is -0.303 e. The molecule has 0 aromatic carbocycles. The fourth-order valence-corrected chi connectivity index (χ4v) is 2.33. The third kappa shape index (κ3) is 5.63. The number of rotatable bonds is 8. The molecule has 1 heterocycles. The first kappa shape index (κ1) is 15.2. The molecule has 2 unspecified atom stereocenters. The van der Waals surface area contributed by atoms with Crippen molar-refractivity contribution in [1.29, 1.82) is 0 Å². The lowest BCUT2D eigenvalue weighted by Crippen LogP contribution is -2.52. The average Bonchev–Trinajstić information content (AvgIpc) is 2.32. The predicted octanol–water partition coefficient (Wildman–Crippen LogP) is 2.13. The van der Waals surface area contributed by atoms with Crippen LogP contribution >= 0.6 is 0 Å². The molecular weight excluding hydrogens is 228 g/mol. The largest absolute Gasteiger partial charge is 0.303 e. The number of piperidine rings is 1. The predicted molar refractivity (Wildman–Crippen MR) is 72.1 cm³/mol. The summed E-state index contributed by atoms with van der Waals surface area (Å²) in [7, 11) is 0. The van der Waals surface area contributed by atoms with Crippen molar-refractivity contribution in [3.8, 4) is 0 Å². The van der Waals surface area contributed by atoms with E-state index in [1.54, 1.807) is 0 Å². The lowest BCUT2D eigenvalue weighted by molar-refractivity contribution is -0.134. The standard InChI is InChI=1S/C14H26N2O2/c1-3-4-5-6-7-8-11(2)15-12-9-10-13(17)16-14(12)18/h11-12,15H,3-10H2,1-2H3,(H,16,17,18). The molecule has 0 radical (unpaired) electrons. The Morgan fingerprint density at radius 3 is 2.67 bits per heavy atom. The van der Waals surface area contributed by atoms with Crippen molar-refractivity contribution in [3.05, 3.63) is 0 Å². The number of hydrogen-bond donors (Lipinski definition) is 2. The first-order valence-corrected chi connectivity index (χ1v) is 7.23. The molecule has 0 saturated carbocycles. The summed E-state index contributed by atoms with van der Waals surface area (Å²) in [6.45, 7) is 4.33. The summed E-state index contributed by atoms with van der Waals surface area (Å²) in [5, 5.41) is 5.69. The summed E-state index contributed by atoms with van der Waals surface area (Å²) in [5.41, 5.74) is 0. The molecule has 0 bridgehead atoms. The topological polar surface area (TPSA) is 58.2 Å². The molecule has 1 saturated heterocycles. The van der Waals surface area contributed by atoms with Gasteiger partial charge in [0.25, 0.3) is 0 Å². The van der Waals surface area contributed by atoms with E-state index in [1.807, 2.05) is 0 Å². The van der Waals surface area contributed by atoms with Crippen LogP contribution in [0.3, 0.4) is 0 Å². The number of unbranched alkanes of at least 4 members (excludes halogenated alkanes) is 4. The minimum absolute atomic E-state index is 0.148. The van der Waals surface area contributed by atoms with Crippen molar-refractivity contribution in [2.24, 2.45) is 0 Å². The van der Waals surface area contributed by atoms with Crippen molar-refractivity contribution in [2.75, 3.05) is 0 Å². The first-order valence-electron chi connectivity index (χ1n) is 7.23. The van der Waals surface area contributed by atoms with Crippen molar-refractivity contribution in [3.63, 3.8) is 0 Å². The summed E-state index contributed by atoms with van der Waals surface area (Å²) < 4.78 is 0. The molecule has 2 N–H and O–H groups in total. The van der Waals surface area contributed by atoms with E-state index < -0.39 is 0 Å². The fraction of sp³-hybridized carbons (Fsp3) is 0.857. The van der Waals surface area contributed by atoms with Gasteiger partial charge >= 0.3 is 0 Å². The molecule has 2 amide bonds. The van der Waals surface area contributed by atoms with Crippen LogP contribution in [0.2, 0.25) is 0 Å². The smallest absolute Gasteiger partial charge is 0.243 e. The SMILES string of the molecule is CCCCCCCC(C)NC1CCC(=O)NC1=O. The van der Waals surface area contributed by atoms with Crippen LogP contribution in [-0.4, -0.2) is 23.9 Å². The van der Waals surface area contributed by atoms with Crippen molar-refractivity contribution >= 4 is 11.8 Å². The van der Waals surface area contributed by atoms with Crippen LogP contribution in [0.25, 0.3) is 0 Å². The zero-order valence-electron chi connectivity index (χ0n) is 11.6. The number of amides is 2. The lowest BCUT2D eigenvalue weighted by atomic mass is 10.0. The maximum absolute atomic E-state index is 11.6. The molecule has 0 spiro atoms. The highest BCUT2D eigenvalue weighted by Crippen LogP contribution is 2.10. The van der Waals surface area contributed by atoms with Gasteiger partial charge in [-0.2, -0.15) is 0 Å². The van der Waals surface area contributed by atoms with Gasteiger partial charge < -0.3 is 5.32 Å². The van der Waals surface area contributed by atoms with Crippen LogP contribution in [0, 0.1) is 0 Å². The maximum Gasteiger partial charge on any atom is 0.243 e. The Hall–Kier alpha value is -0.900. The van der Waals surface area contributed by atoms with E-state index in [2.05, 4.69) is 24.5 Å². The van der Waals surface area contributed by atoms with Crippen LogP contribution in [-0.2, 0) is 9.59 Å². The third-order valence-electron chi connectivity index (χ3n) is 3.47. The van der Waals surface area contributed by atoms with E-state index in [9.17, 15) is 9.59 Å². The molecule has 0 aromatic heterocycles. The van der Waals surface area contributed by atoms with E-state index in [4.69, 9.17) is 0 Å². The van der Waals surface area contributed by atoms with Crippen LogP contribution in [0.5, 0.6) is 0 Å². The van der Waals surface area contributed by atoms with Crippen molar-refractivity contribution < 1.29 is 9.59 Å². The van der Waals surface area contributed by atoms with Crippen LogP contribution in [0.15, 0.2) is 0 Å². The molecule has 1 rings (SSSR count). The van der Waals surface area contributed by atoms with Crippen LogP contribution < -0.4 is 10.6 Å². The van der Waals surface area contributed by atoms with Crippen LogP contribution in [0.4, 0.5) is 0 Å². The first-order chi connectivity index (χ1) is 8.63. The zero-order chi connectivity index (χ0) is 13.4. The van der Waals surface area contributed by atoms with Gasteiger partial charge in [-0.05, 0) is 19.8 Å². The van der Waals surface area contributed by atoms with Crippen LogP contribution in [0.1, 0.15) is 65.2 Å². The summed E-state index contributed by atoms with van der Waals surface area (Å²) in [5.74, 6) is -0.311. The number of hydrogen-bond acceptors (Lipinski definition) is 3. The number of carbonyl (C=O) groups excluding carboxylic acids is 2. The normalized spacial score (nSPS) is 21.8. The van der Waals surface area contributed by atoms with E-state index in [-0.39, 0.29) is 17.9 Å². The molecule has 1 fully saturated rings. The number of nitrogens with one attached hydrogen (secondary N) is 2. The number of imide groups is 1. The Labute approximate surface area is 110 Å². The monoisotopic (exact) mass is 254 g/mol. The molecule has 4 nitrogen and oxygen atoms in total. The molecule has 0 aromatic rings. The summed E-state index contributed by atoms with van der Waals surface area (Å²) >= 11 is 0. The maximum atomic E-state index is 11.6. The van der Waals surface area contributed by atoms with E-state index in [0.717, 1.165) is 6.42 Å². The van der Waals surface area contributed by atoms with Crippen molar-refractivity contribution in [2.45, 2.75) is 77.3 Å². The lowest BCUT2D eigenvalue weighted by Gasteiger charge is -2.25. The Balaban J connectivity index is 2.13. The third-order valence-corrected chi connectivity index (χ3v) is 3.47. The molecule has 2 atom stereocenters. The van der Waals surface area contributed by atoms with E-state index >= 15 is 0 Å². The summed E-state index contributed by atoms with van der Waals surface area (Å²) in [6.07, 6.45) is 8.55. The van der Waals surface area contributed by atoms with Gasteiger partial charge in [-0.25, -0.2) is 0 Å². The molecule has 0 aliphatic carbocycles. The quantitative estimate of drug-likeness (QED) is 0.515. The fourth-order valence-electron chi connectivity index (χ4n) is 2.33. The Bertz CT molecular complexity index is 279. The van der Waals surface area contributed by atoms with Gasteiger partial charge in [0.1, 0.15) is 0 Å². The molecular formula is C14H26N2O2. The Kier molecular flexibility index (Phi) is 6.94. The van der Waals surface area contributed by atoms with E-state index in [1.165, 1.54) is 32.1 Å². The van der Waals surface area contributed by atoms with Crippen molar-refractivity contribution in [1.82, 2.24) is 10.6 Å². The highest BCUT2D eigenvalue weighted by atomic mass is 16.2. The highest BCUT2D eigenvalue weighted by molar-refractivity contribution is 6.00. The van der Waals surface area contributed by atoms with E-state index in [0.29, 0.717) is 18.9 Å². The highest BCUT2D eigenvalue weighted by Gasteiger charge is 2.26. The molecule has 1 aliphatic heterocycles. The number of carbonyl (C=O) groups is 2. The van der Waals surface area contributed by atoms with Gasteiger partial charge in [-0.1, -0.05) is 39.0 Å². The van der Waals surface area contributed by atoms with Gasteiger partial charge in [0.15, 0.2) is 0 Å². The molecule has 1 aliphatic rings. The Morgan fingerprint density at radius 1 is 1.28 bits per heavy atom.